The molecule has 1 fully saturated rings. The zero-order valence-electron chi connectivity index (χ0n) is 11.7. The fraction of sp³-hybridized carbons (Fsp3) is 0.533. The average molecular weight is 301 g/mol. The Morgan fingerprint density at radius 1 is 1.33 bits per heavy atom. The van der Waals surface area contributed by atoms with Gasteiger partial charge in [-0.1, -0.05) is 12.1 Å². The number of rotatable bonds is 3. The first-order chi connectivity index (χ1) is 9.90. The summed E-state index contributed by atoms with van der Waals surface area (Å²) >= 11 is 0. The Morgan fingerprint density at radius 3 is 2.57 bits per heavy atom. The number of halogens is 3. The summed E-state index contributed by atoms with van der Waals surface area (Å²) in [7, 11) is 1.36. The molecule has 1 aliphatic heterocycles. The van der Waals surface area contributed by atoms with Gasteiger partial charge in [0, 0.05) is 12.5 Å². The molecule has 1 aliphatic rings. The van der Waals surface area contributed by atoms with Crippen LogP contribution in [0.3, 0.4) is 0 Å². The smallest absolute Gasteiger partial charge is 0.416 e. The van der Waals surface area contributed by atoms with E-state index in [0.29, 0.717) is 6.42 Å². The third-order valence-electron chi connectivity index (χ3n) is 3.84. The van der Waals surface area contributed by atoms with E-state index >= 15 is 0 Å². The molecule has 0 amide bonds. The highest BCUT2D eigenvalue weighted by atomic mass is 19.4. The van der Waals surface area contributed by atoms with Crippen LogP contribution in [0, 0.1) is 5.92 Å². The molecule has 1 saturated heterocycles. The molecule has 0 aliphatic carbocycles. The van der Waals surface area contributed by atoms with Crippen LogP contribution in [0.15, 0.2) is 24.3 Å². The van der Waals surface area contributed by atoms with Crippen molar-refractivity contribution in [2.24, 2.45) is 5.92 Å². The summed E-state index contributed by atoms with van der Waals surface area (Å²) in [5.74, 6) is -0.0425. The van der Waals surface area contributed by atoms with Crippen LogP contribution < -0.4 is 5.32 Å². The number of carbonyl (C=O) groups is 1. The Kier molecular flexibility index (Phi) is 4.88. The third kappa shape index (κ3) is 4.20. The lowest BCUT2D eigenvalue weighted by atomic mass is 9.86. The van der Waals surface area contributed by atoms with E-state index in [1.165, 1.54) is 19.2 Å². The molecule has 1 aromatic rings. The van der Waals surface area contributed by atoms with Gasteiger partial charge in [-0.05, 0) is 43.0 Å². The first kappa shape index (κ1) is 15.8. The van der Waals surface area contributed by atoms with Crippen molar-refractivity contribution in [3.63, 3.8) is 0 Å². The van der Waals surface area contributed by atoms with Crippen molar-refractivity contribution in [3.8, 4) is 0 Å². The summed E-state index contributed by atoms with van der Waals surface area (Å²) in [6.07, 6.45) is -2.37. The minimum Gasteiger partial charge on any atom is -0.469 e. The second-order valence-corrected chi connectivity index (χ2v) is 5.30. The Hall–Kier alpha value is -1.56. The van der Waals surface area contributed by atoms with Crippen LogP contribution in [0.2, 0.25) is 0 Å². The third-order valence-corrected chi connectivity index (χ3v) is 3.84. The molecule has 116 valence electrons. The number of ether oxygens (including phenoxy) is 1. The van der Waals surface area contributed by atoms with Crippen LogP contribution >= 0.6 is 0 Å². The molecule has 0 radical (unpaired) electrons. The van der Waals surface area contributed by atoms with E-state index in [4.69, 9.17) is 0 Å². The normalized spacial score (nSPS) is 22.9. The Labute approximate surface area is 121 Å². The van der Waals surface area contributed by atoms with E-state index in [1.807, 2.05) is 0 Å². The van der Waals surface area contributed by atoms with Crippen molar-refractivity contribution in [3.05, 3.63) is 35.4 Å². The first-order valence-electron chi connectivity index (χ1n) is 6.87. The molecule has 1 N–H and O–H groups in total. The van der Waals surface area contributed by atoms with E-state index in [9.17, 15) is 18.0 Å². The largest absolute Gasteiger partial charge is 0.469 e. The van der Waals surface area contributed by atoms with Crippen molar-refractivity contribution in [2.75, 3.05) is 13.7 Å². The fourth-order valence-electron chi connectivity index (χ4n) is 2.66. The molecule has 0 spiro atoms. The lowest BCUT2D eigenvalue weighted by Crippen LogP contribution is -2.32. The highest BCUT2D eigenvalue weighted by Crippen LogP contribution is 2.33. The number of alkyl halides is 3. The summed E-state index contributed by atoms with van der Waals surface area (Å²) in [5, 5.41) is 3.28. The average Bonchev–Trinajstić information content (AvgIpc) is 2.46. The number of hydrogen-bond donors (Lipinski definition) is 1. The minimum atomic E-state index is -4.31. The van der Waals surface area contributed by atoms with Crippen molar-refractivity contribution >= 4 is 5.97 Å². The van der Waals surface area contributed by atoms with Gasteiger partial charge in [0.1, 0.15) is 0 Å². The zero-order chi connectivity index (χ0) is 15.5. The summed E-state index contributed by atoms with van der Waals surface area (Å²) in [6, 6.07) is 5.18. The summed E-state index contributed by atoms with van der Waals surface area (Å²) in [5.41, 5.74) is 0.172. The standard InChI is InChI=1S/C15H18F3NO2/c1-21-14(20)9-10-6-7-19-13(8-10)11-2-4-12(5-3-11)15(16,17)18/h2-5,10,13,19H,6-9H2,1H3/t10-,13+/m0/s1. The molecule has 0 unspecified atom stereocenters. The molecule has 0 aromatic heterocycles. The maximum Gasteiger partial charge on any atom is 0.416 e. The molecule has 2 rings (SSSR count). The molecule has 0 bridgehead atoms. The fourth-order valence-corrected chi connectivity index (χ4v) is 2.66. The van der Waals surface area contributed by atoms with Crippen LogP contribution in [-0.2, 0) is 15.7 Å². The topological polar surface area (TPSA) is 38.3 Å². The van der Waals surface area contributed by atoms with Gasteiger partial charge in [-0.3, -0.25) is 4.79 Å². The van der Waals surface area contributed by atoms with Gasteiger partial charge in [0.2, 0.25) is 0 Å². The Balaban J connectivity index is 2.02. The molecule has 1 aromatic carbocycles. The maximum absolute atomic E-state index is 12.5. The van der Waals surface area contributed by atoms with Gasteiger partial charge in [0.05, 0.1) is 12.7 Å². The van der Waals surface area contributed by atoms with Gasteiger partial charge in [-0.15, -0.1) is 0 Å². The number of carbonyl (C=O) groups excluding carboxylic acids is 1. The number of benzene rings is 1. The van der Waals surface area contributed by atoms with Crippen molar-refractivity contribution in [1.82, 2.24) is 5.32 Å². The second kappa shape index (κ2) is 6.47. The molecular formula is C15H18F3NO2. The predicted molar refractivity (Wildman–Crippen MR) is 71.5 cm³/mol. The summed E-state index contributed by atoms with van der Waals surface area (Å²) < 4.78 is 42.3. The quantitative estimate of drug-likeness (QED) is 0.871. The molecular weight excluding hydrogens is 283 g/mol. The lowest BCUT2D eigenvalue weighted by molar-refractivity contribution is -0.142. The van der Waals surface area contributed by atoms with Crippen LogP contribution in [0.1, 0.15) is 36.4 Å². The first-order valence-corrected chi connectivity index (χ1v) is 6.87. The van der Waals surface area contributed by atoms with Crippen molar-refractivity contribution < 1.29 is 22.7 Å². The highest BCUT2D eigenvalue weighted by Gasteiger charge is 2.31. The van der Waals surface area contributed by atoms with Gasteiger partial charge in [-0.25, -0.2) is 0 Å². The molecule has 6 heteroatoms. The zero-order valence-corrected chi connectivity index (χ0v) is 11.7. The van der Waals surface area contributed by atoms with E-state index < -0.39 is 11.7 Å². The van der Waals surface area contributed by atoms with Gasteiger partial charge < -0.3 is 10.1 Å². The summed E-state index contributed by atoms with van der Waals surface area (Å²) in [4.78, 5) is 11.3. The summed E-state index contributed by atoms with van der Waals surface area (Å²) in [6.45, 7) is 0.743. The SMILES string of the molecule is COC(=O)C[C@H]1CCN[C@@H](c2ccc(C(F)(F)F)cc2)C1. The van der Waals surface area contributed by atoms with E-state index in [2.05, 4.69) is 10.1 Å². The van der Waals surface area contributed by atoms with Gasteiger partial charge >= 0.3 is 12.1 Å². The molecule has 21 heavy (non-hydrogen) atoms. The number of hydrogen-bond acceptors (Lipinski definition) is 3. The minimum absolute atomic E-state index is 0.0179. The van der Waals surface area contributed by atoms with Gasteiger partial charge in [-0.2, -0.15) is 13.2 Å². The lowest BCUT2D eigenvalue weighted by Gasteiger charge is -2.30. The Morgan fingerprint density at radius 2 is 2.00 bits per heavy atom. The number of methoxy groups -OCH3 is 1. The Bertz CT molecular complexity index is 485. The second-order valence-electron chi connectivity index (χ2n) is 5.30. The van der Waals surface area contributed by atoms with Gasteiger partial charge in [0.25, 0.3) is 0 Å². The predicted octanol–water partition coefficient (Wildman–Crippen LogP) is 3.31. The van der Waals surface area contributed by atoms with E-state index in [0.717, 1.165) is 37.1 Å². The number of piperidine rings is 1. The molecule has 3 nitrogen and oxygen atoms in total. The van der Waals surface area contributed by atoms with Crippen LogP contribution in [0.4, 0.5) is 13.2 Å². The molecule has 2 atom stereocenters. The number of nitrogens with one attached hydrogen (secondary N) is 1. The molecule has 1 heterocycles. The monoisotopic (exact) mass is 301 g/mol. The van der Waals surface area contributed by atoms with Crippen molar-refractivity contribution in [2.45, 2.75) is 31.5 Å². The highest BCUT2D eigenvalue weighted by molar-refractivity contribution is 5.69. The van der Waals surface area contributed by atoms with Crippen LogP contribution in [-0.4, -0.2) is 19.6 Å². The van der Waals surface area contributed by atoms with E-state index in [-0.39, 0.29) is 17.9 Å². The van der Waals surface area contributed by atoms with Crippen molar-refractivity contribution in [1.29, 1.82) is 0 Å². The number of esters is 1. The van der Waals surface area contributed by atoms with Crippen LogP contribution in [0.5, 0.6) is 0 Å². The van der Waals surface area contributed by atoms with Crippen LogP contribution in [0.25, 0.3) is 0 Å². The van der Waals surface area contributed by atoms with Gasteiger partial charge in [0.15, 0.2) is 0 Å². The van der Waals surface area contributed by atoms with E-state index in [1.54, 1.807) is 0 Å². The molecule has 0 saturated carbocycles. The maximum atomic E-state index is 12.5.